The van der Waals surface area contributed by atoms with Crippen molar-refractivity contribution in [2.45, 2.75) is 30.9 Å². The van der Waals surface area contributed by atoms with Crippen LogP contribution in [0.1, 0.15) is 40.9 Å². The van der Waals surface area contributed by atoms with Crippen LogP contribution in [0.5, 0.6) is 0 Å². The zero-order valence-corrected chi connectivity index (χ0v) is 14.2. The third kappa shape index (κ3) is 3.63. The Bertz CT molecular complexity index is 786. The van der Waals surface area contributed by atoms with E-state index in [-0.39, 0.29) is 17.0 Å². The molecule has 5 nitrogen and oxygen atoms in total. The number of aromatic nitrogens is 2. The van der Waals surface area contributed by atoms with Gasteiger partial charge in [-0.3, -0.25) is 4.79 Å². The molecule has 0 radical (unpaired) electrons. The molecule has 8 heteroatoms. The normalized spacial score (nSPS) is 15.8. The third-order valence-electron chi connectivity index (χ3n) is 4.85. The van der Waals surface area contributed by atoms with Gasteiger partial charge in [-0.25, -0.2) is 0 Å². The van der Waals surface area contributed by atoms with Crippen LogP contribution in [0.2, 0.25) is 0 Å². The molecule has 1 fully saturated rings. The molecule has 1 aliphatic rings. The molecular weight excluding hydrogens is 345 g/mol. The van der Waals surface area contributed by atoms with Crippen molar-refractivity contribution < 1.29 is 18.0 Å². The third-order valence-corrected chi connectivity index (χ3v) is 4.85. The maximum Gasteiger partial charge on any atom is 0.416 e. The molecular formula is C18H19F3N4O. The van der Waals surface area contributed by atoms with E-state index < -0.39 is 11.7 Å². The number of alkyl halides is 3. The topological polar surface area (TPSA) is 66.9 Å². The van der Waals surface area contributed by atoms with Gasteiger partial charge >= 0.3 is 6.18 Å². The summed E-state index contributed by atoms with van der Waals surface area (Å²) in [4.78, 5) is 11.5. The summed E-state index contributed by atoms with van der Waals surface area (Å²) >= 11 is 0. The summed E-state index contributed by atoms with van der Waals surface area (Å²) in [6.07, 6.45) is -1.76. The average Bonchev–Trinajstić information content (AvgIpc) is 2.60. The van der Waals surface area contributed by atoms with Crippen molar-refractivity contribution in [3.05, 3.63) is 53.2 Å². The van der Waals surface area contributed by atoms with Gasteiger partial charge in [-0.15, -0.1) is 10.2 Å². The van der Waals surface area contributed by atoms with Crippen molar-refractivity contribution >= 4 is 11.7 Å². The lowest BCUT2D eigenvalue weighted by Gasteiger charge is -2.43. The van der Waals surface area contributed by atoms with Crippen molar-refractivity contribution in [3.63, 3.8) is 0 Å². The van der Waals surface area contributed by atoms with Gasteiger partial charge in [0.05, 0.1) is 5.56 Å². The van der Waals surface area contributed by atoms with E-state index in [9.17, 15) is 18.0 Å². The Morgan fingerprint density at radius 3 is 2.50 bits per heavy atom. The molecule has 1 aromatic carbocycles. The van der Waals surface area contributed by atoms with Gasteiger partial charge in [0.15, 0.2) is 5.69 Å². The molecule has 1 heterocycles. The lowest BCUT2D eigenvalue weighted by molar-refractivity contribution is -0.137. The number of benzene rings is 1. The number of hydrogen-bond donors (Lipinski definition) is 2. The molecule has 138 valence electrons. The molecule has 0 saturated heterocycles. The monoisotopic (exact) mass is 364 g/mol. The Kier molecular flexibility index (Phi) is 4.84. The molecule has 0 atom stereocenters. The van der Waals surface area contributed by atoms with Crippen molar-refractivity contribution in [2.75, 3.05) is 18.9 Å². The van der Waals surface area contributed by atoms with Crippen LogP contribution in [0, 0.1) is 0 Å². The fraction of sp³-hybridized carbons (Fsp3) is 0.389. The van der Waals surface area contributed by atoms with Gasteiger partial charge in [0.1, 0.15) is 5.82 Å². The maximum atomic E-state index is 13.0. The second-order valence-electron chi connectivity index (χ2n) is 6.45. The first-order valence-electron chi connectivity index (χ1n) is 8.31. The highest BCUT2D eigenvalue weighted by molar-refractivity contribution is 5.91. The quantitative estimate of drug-likeness (QED) is 0.854. The summed E-state index contributed by atoms with van der Waals surface area (Å²) in [5.74, 6) is 0.152. The van der Waals surface area contributed by atoms with Crippen LogP contribution in [-0.4, -0.2) is 29.7 Å². The summed E-state index contributed by atoms with van der Waals surface area (Å²) in [7, 11) is 1.51. The molecule has 26 heavy (non-hydrogen) atoms. The van der Waals surface area contributed by atoms with E-state index in [0.717, 1.165) is 25.3 Å². The Morgan fingerprint density at radius 2 is 1.96 bits per heavy atom. The van der Waals surface area contributed by atoms with Gasteiger partial charge in [-0.05, 0) is 36.6 Å². The second-order valence-corrected chi connectivity index (χ2v) is 6.45. The highest BCUT2D eigenvalue weighted by atomic mass is 19.4. The molecule has 2 N–H and O–H groups in total. The summed E-state index contributed by atoms with van der Waals surface area (Å²) in [6, 6.07) is 8.71. The first kappa shape index (κ1) is 18.2. The Morgan fingerprint density at radius 1 is 1.19 bits per heavy atom. The van der Waals surface area contributed by atoms with Crippen LogP contribution < -0.4 is 10.6 Å². The fourth-order valence-corrected chi connectivity index (χ4v) is 3.13. The van der Waals surface area contributed by atoms with Gasteiger partial charge in [-0.1, -0.05) is 24.6 Å². The molecule has 1 aliphatic carbocycles. The van der Waals surface area contributed by atoms with E-state index in [2.05, 4.69) is 20.8 Å². The molecule has 1 amide bonds. The predicted molar refractivity (Wildman–Crippen MR) is 90.9 cm³/mol. The van der Waals surface area contributed by atoms with Crippen LogP contribution in [0.4, 0.5) is 19.0 Å². The molecule has 0 spiro atoms. The van der Waals surface area contributed by atoms with E-state index in [1.54, 1.807) is 18.2 Å². The van der Waals surface area contributed by atoms with Crippen LogP contribution >= 0.6 is 0 Å². The number of carbonyl (C=O) groups excluding carboxylic acids is 1. The highest BCUT2D eigenvalue weighted by Crippen LogP contribution is 2.45. The number of anilines is 1. The van der Waals surface area contributed by atoms with Gasteiger partial charge in [0, 0.05) is 19.0 Å². The van der Waals surface area contributed by atoms with E-state index in [0.29, 0.717) is 17.9 Å². The largest absolute Gasteiger partial charge is 0.416 e. The lowest BCUT2D eigenvalue weighted by atomic mass is 9.64. The van der Waals surface area contributed by atoms with Gasteiger partial charge in [0.2, 0.25) is 0 Å². The van der Waals surface area contributed by atoms with Crippen LogP contribution in [0.25, 0.3) is 0 Å². The molecule has 1 aromatic heterocycles. The SMILES string of the molecule is CNC(=O)c1ccc(NCC2(c3cccc(C(F)(F)F)c3)CCC2)nn1. The minimum atomic E-state index is -4.35. The summed E-state index contributed by atoms with van der Waals surface area (Å²) in [5, 5.41) is 13.4. The first-order chi connectivity index (χ1) is 12.3. The fourth-order valence-electron chi connectivity index (χ4n) is 3.13. The number of nitrogens with one attached hydrogen (secondary N) is 2. The number of hydrogen-bond acceptors (Lipinski definition) is 4. The minimum absolute atomic E-state index is 0.203. The summed E-state index contributed by atoms with van der Waals surface area (Å²) < 4.78 is 39.0. The van der Waals surface area contributed by atoms with Crippen LogP contribution in [0.3, 0.4) is 0 Å². The zero-order valence-electron chi connectivity index (χ0n) is 14.2. The van der Waals surface area contributed by atoms with Crippen molar-refractivity contribution in [3.8, 4) is 0 Å². The number of carbonyl (C=O) groups is 1. The summed E-state index contributed by atoms with van der Waals surface area (Å²) in [6.45, 7) is 0.461. The Labute approximate surface area is 149 Å². The molecule has 1 saturated carbocycles. The second kappa shape index (κ2) is 6.93. The van der Waals surface area contributed by atoms with E-state index in [4.69, 9.17) is 0 Å². The molecule has 0 aliphatic heterocycles. The Hall–Kier alpha value is -2.64. The van der Waals surface area contributed by atoms with E-state index in [1.807, 2.05) is 0 Å². The maximum absolute atomic E-state index is 13.0. The lowest BCUT2D eigenvalue weighted by Crippen LogP contribution is -2.41. The minimum Gasteiger partial charge on any atom is -0.368 e. The van der Waals surface area contributed by atoms with Gasteiger partial charge in [-0.2, -0.15) is 13.2 Å². The predicted octanol–water partition coefficient (Wildman–Crippen LogP) is 3.39. The van der Waals surface area contributed by atoms with Gasteiger partial charge in [0.25, 0.3) is 5.91 Å². The molecule has 0 unspecified atom stereocenters. The first-order valence-corrected chi connectivity index (χ1v) is 8.31. The van der Waals surface area contributed by atoms with E-state index >= 15 is 0 Å². The zero-order chi connectivity index (χ0) is 18.8. The average molecular weight is 364 g/mol. The van der Waals surface area contributed by atoms with Crippen molar-refractivity contribution in [2.24, 2.45) is 0 Å². The molecule has 0 bridgehead atoms. The number of halogens is 3. The smallest absolute Gasteiger partial charge is 0.368 e. The van der Waals surface area contributed by atoms with Crippen molar-refractivity contribution in [1.29, 1.82) is 0 Å². The van der Waals surface area contributed by atoms with Gasteiger partial charge < -0.3 is 10.6 Å². The van der Waals surface area contributed by atoms with Crippen LogP contribution in [-0.2, 0) is 11.6 Å². The summed E-state index contributed by atoms with van der Waals surface area (Å²) in [5.41, 5.74) is -0.0890. The Balaban J connectivity index is 1.74. The molecule has 3 rings (SSSR count). The number of nitrogens with zero attached hydrogens (tertiary/aromatic N) is 2. The number of rotatable bonds is 5. The highest BCUT2D eigenvalue weighted by Gasteiger charge is 2.40. The molecule has 2 aromatic rings. The number of amides is 1. The van der Waals surface area contributed by atoms with Crippen molar-refractivity contribution in [1.82, 2.24) is 15.5 Å². The van der Waals surface area contributed by atoms with E-state index in [1.165, 1.54) is 19.2 Å². The standard InChI is InChI=1S/C18H19F3N4O/c1-22-16(26)14-6-7-15(25-24-14)23-11-17(8-3-9-17)12-4-2-5-13(10-12)18(19,20)21/h2,4-7,10H,3,8-9,11H2,1H3,(H,22,26)(H,23,25). The van der Waals surface area contributed by atoms with Crippen LogP contribution in [0.15, 0.2) is 36.4 Å².